The fourth-order valence-electron chi connectivity index (χ4n) is 2.47. The average Bonchev–Trinajstić information content (AvgIpc) is 2.43. The molecule has 0 saturated carbocycles. The molecule has 0 heterocycles. The zero-order chi connectivity index (χ0) is 14.5. The van der Waals surface area contributed by atoms with Gasteiger partial charge in [-0.15, -0.1) is 0 Å². The Kier molecular flexibility index (Phi) is 7.50. The van der Waals surface area contributed by atoms with E-state index < -0.39 is 5.41 Å². The molecule has 1 atom stereocenters. The van der Waals surface area contributed by atoms with Gasteiger partial charge in [0, 0.05) is 5.56 Å². The molecule has 106 valence electrons. The van der Waals surface area contributed by atoms with Crippen molar-refractivity contribution < 1.29 is 11.3 Å². The van der Waals surface area contributed by atoms with Crippen molar-refractivity contribution in [1.82, 2.24) is 0 Å². The van der Waals surface area contributed by atoms with Gasteiger partial charge in [0.2, 0.25) is 0 Å². The van der Waals surface area contributed by atoms with Crippen LogP contribution in [0.2, 0.25) is 0 Å². The van der Waals surface area contributed by atoms with E-state index in [1.807, 2.05) is 32.0 Å². The van der Waals surface area contributed by atoms with Crippen molar-refractivity contribution in [2.45, 2.75) is 38.7 Å². The van der Waals surface area contributed by atoms with Gasteiger partial charge in [0.25, 0.3) is 0 Å². The van der Waals surface area contributed by atoms with Crippen molar-refractivity contribution in [2.24, 2.45) is 5.92 Å². The molecule has 0 fully saturated rings. The molecule has 0 aliphatic carbocycles. The minimum absolute atomic E-state index is 0. The van der Waals surface area contributed by atoms with Crippen molar-refractivity contribution in [1.29, 1.82) is 5.26 Å². The van der Waals surface area contributed by atoms with Gasteiger partial charge in [-0.25, -0.2) is 0 Å². The van der Waals surface area contributed by atoms with Gasteiger partial charge in [0.1, 0.15) is 5.75 Å². The maximum absolute atomic E-state index is 9.65. The van der Waals surface area contributed by atoms with Crippen LogP contribution in [-0.2, 0) is 12.0 Å². The molecule has 0 aromatic heterocycles. The van der Waals surface area contributed by atoms with E-state index in [1.54, 1.807) is 7.11 Å². The fraction of sp³-hybridized carbons (Fsp3) is 0.500. The van der Waals surface area contributed by atoms with Gasteiger partial charge in [-0.3, -0.25) is 0 Å². The van der Waals surface area contributed by atoms with Crippen LogP contribution in [0, 0.1) is 24.2 Å². The van der Waals surface area contributed by atoms with Crippen LogP contribution in [0.4, 0.5) is 0 Å². The largest absolute Gasteiger partial charge is 2.00 e. The normalized spacial score (nSPS) is 13.2. The molecule has 1 rings (SSSR count). The molecule has 1 N–H and O–H groups in total. The zero-order valence-electron chi connectivity index (χ0n) is 13.6. The topological polar surface area (TPSA) is 53.2 Å². The summed E-state index contributed by atoms with van der Waals surface area (Å²) >= 11 is 0. The van der Waals surface area contributed by atoms with Crippen LogP contribution < -0.4 is 4.74 Å². The number of hydrogen-bond acceptors (Lipinski definition) is 3. The van der Waals surface area contributed by atoms with Crippen LogP contribution >= 0.6 is 0 Å². The first-order chi connectivity index (χ1) is 9.05. The summed E-state index contributed by atoms with van der Waals surface area (Å²) in [6, 6.07) is 8.06. The average molecular weight is 270 g/mol. The number of hydrogen-bond donors (Lipinski definition) is 1. The predicted molar refractivity (Wildman–Crippen MR) is 82.5 cm³/mol. The van der Waals surface area contributed by atoms with Crippen LogP contribution in [-0.4, -0.2) is 22.3 Å². The Hall–Kier alpha value is -1.36. The molecule has 0 radical (unpaired) electrons. The first-order valence-electron chi connectivity index (χ1n) is 6.54. The third-order valence-electron chi connectivity index (χ3n) is 3.72. The van der Waals surface area contributed by atoms with Gasteiger partial charge in [-0.05, 0) is 23.6 Å². The van der Waals surface area contributed by atoms with E-state index in [2.05, 4.69) is 13.0 Å². The van der Waals surface area contributed by atoms with Crippen LogP contribution in [0.1, 0.15) is 39.2 Å². The van der Waals surface area contributed by atoms with Gasteiger partial charge in [0.15, 0.2) is 0 Å². The number of aliphatic hydroxyl groups excluding tert-OH is 1. The SMILES string of the molecule is [Be+2].[CH2-]CCC(C#N)(c1ccc(OC)c(CO)c1)C(C)C.[H-]. The molecule has 20 heavy (non-hydrogen) atoms. The van der Waals surface area contributed by atoms with Crippen molar-refractivity contribution in [3.8, 4) is 11.8 Å². The van der Waals surface area contributed by atoms with Crippen molar-refractivity contribution >= 4 is 10.1 Å². The standard InChI is InChI=1S/C16H22NO2.Be.H/c1-5-8-16(11-17,12(2)3)14-6-7-15(19-4)13(9-14)10-18;;/h6-7,9,12,18H,1,5,8,10H2,2-4H3;;/q-1;+2;-1. The van der Waals surface area contributed by atoms with Crippen LogP contribution in [0.3, 0.4) is 0 Å². The molecule has 3 nitrogen and oxygen atoms in total. The summed E-state index contributed by atoms with van der Waals surface area (Å²) in [6.45, 7) is 7.87. The zero-order valence-corrected chi connectivity index (χ0v) is 12.6. The Balaban J connectivity index is 0. The second-order valence-electron chi connectivity index (χ2n) is 5.03. The van der Waals surface area contributed by atoms with Crippen molar-refractivity contribution in [3.05, 3.63) is 36.2 Å². The third-order valence-corrected chi connectivity index (χ3v) is 3.72. The molecule has 0 bridgehead atoms. The van der Waals surface area contributed by atoms with E-state index in [4.69, 9.17) is 4.74 Å². The molecule has 1 aromatic carbocycles. The van der Waals surface area contributed by atoms with E-state index in [0.717, 1.165) is 5.56 Å². The molecular formula is C16H23BeNO2. The number of methoxy groups -OCH3 is 1. The van der Waals surface area contributed by atoms with E-state index >= 15 is 0 Å². The second kappa shape index (κ2) is 8.04. The number of rotatable bonds is 6. The van der Waals surface area contributed by atoms with Crippen LogP contribution in [0.25, 0.3) is 0 Å². The number of aliphatic hydroxyl groups is 1. The molecule has 0 spiro atoms. The fourth-order valence-corrected chi connectivity index (χ4v) is 2.47. The maximum atomic E-state index is 9.65. The Bertz CT molecular complexity index is 474. The Morgan fingerprint density at radius 3 is 2.55 bits per heavy atom. The summed E-state index contributed by atoms with van der Waals surface area (Å²) in [4.78, 5) is 0. The van der Waals surface area contributed by atoms with E-state index in [0.29, 0.717) is 24.2 Å². The molecule has 0 amide bonds. The summed E-state index contributed by atoms with van der Waals surface area (Å²) in [5, 5.41) is 19.1. The summed E-state index contributed by atoms with van der Waals surface area (Å²) < 4.78 is 5.20. The molecule has 1 unspecified atom stereocenters. The number of benzene rings is 1. The van der Waals surface area contributed by atoms with Gasteiger partial charge < -0.3 is 18.2 Å². The Morgan fingerprint density at radius 1 is 1.50 bits per heavy atom. The van der Waals surface area contributed by atoms with Crippen molar-refractivity contribution in [2.75, 3.05) is 7.11 Å². The second-order valence-corrected chi connectivity index (χ2v) is 5.03. The van der Waals surface area contributed by atoms with Crippen LogP contribution in [0.5, 0.6) is 5.75 Å². The summed E-state index contributed by atoms with van der Waals surface area (Å²) in [7, 11) is 1.57. The predicted octanol–water partition coefficient (Wildman–Crippen LogP) is 2.95. The third kappa shape index (κ3) is 3.39. The number of nitrogens with zero attached hydrogens (tertiary/aromatic N) is 1. The van der Waals surface area contributed by atoms with Gasteiger partial charge in [0.05, 0.1) is 25.2 Å². The quantitative estimate of drug-likeness (QED) is 0.638. The van der Waals surface area contributed by atoms with E-state index in [9.17, 15) is 10.4 Å². The molecular weight excluding hydrogens is 247 g/mol. The molecule has 0 saturated heterocycles. The molecule has 1 aromatic rings. The summed E-state index contributed by atoms with van der Waals surface area (Å²) in [6.07, 6.45) is 1.41. The maximum Gasteiger partial charge on any atom is 2.00 e. The number of ether oxygens (including phenoxy) is 1. The summed E-state index contributed by atoms with van der Waals surface area (Å²) in [5.41, 5.74) is 1.08. The monoisotopic (exact) mass is 270 g/mol. The first kappa shape index (κ1) is 18.6. The molecule has 0 aliphatic rings. The van der Waals surface area contributed by atoms with E-state index in [-0.39, 0.29) is 24.1 Å². The number of nitriles is 1. The smallest absolute Gasteiger partial charge is 1.00 e. The van der Waals surface area contributed by atoms with Gasteiger partial charge in [-0.1, -0.05) is 26.3 Å². The molecule has 0 aliphatic heterocycles. The van der Waals surface area contributed by atoms with E-state index in [1.165, 1.54) is 0 Å². The van der Waals surface area contributed by atoms with Crippen LogP contribution in [0.15, 0.2) is 18.2 Å². The Labute approximate surface area is 127 Å². The first-order valence-corrected chi connectivity index (χ1v) is 6.54. The Morgan fingerprint density at radius 2 is 2.15 bits per heavy atom. The summed E-state index contributed by atoms with van der Waals surface area (Å²) in [5.74, 6) is 0.829. The molecule has 4 heteroatoms. The van der Waals surface area contributed by atoms with Gasteiger partial charge >= 0.3 is 10.1 Å². The minimum Gasteiger partial charge on any atom is -1.00 e. The van der Waals surface area contributed by atoms with Crippen molar-refractivity contribution in [3.63, 3.8) is 0 Å². The van der Waals surface area contributed by atoms with Gasteiger partial charge in [-0.2, -0.15) is 11.7 Å². The minimum atomic E-state index is -0.558.